The number of nitrogens with zero attached hydrogens (tertiary/aromatic N) is 2. The minimum absolute atomic E-state index is 0.434. The minimum atomic E-state index is 0.434. The maximum absolute atomic E-state index is 5.65. The molecule has 0 unspecified atom stereocenters. The summed E-state index contributed by atoms with van der Waals surface area (Å²) in [5, 5.41) is 1.21. The highest BCUT2D eigenvalue weighted by Crippen LogP contribution is 2.21. The third-order valence-corrected chi connectivity index (χ3v) is 2.98. The summed E-state index contributed by atoms with van der Waals surface area (Å²) in [4.78, 5) is 7.52. The number of aromatic nitrogens is 2. The van der Waals surface area contributed by atoms with E-state index in [1.54, 1.807) is 30.6 Å². The third-order valence-electron chi connectivity index (χ3n) is 1.57. The van der Waals surface area contributed by atoms with Crippen molar-refractivity contribution in [3.05, 3.63) is 45.1 Å². The maximum atomic E-state index is 5.65. The molecule has 0 radical (unpaired) electrons. The lowest BCUT2D eigenvalue weighted by Gasteiger charge is -1.93. The fourth-order valence-electron chi connectivity index (χ4n) is 0.850. The third kappa shape index (κ3) is 5.21. The van der Waals surface area contributed by atoms with Crippen LogP contribution in [0.4, 0.5) is 11.6 Å². The molecule has 0 aliphatic rings. The first-order valence-corrected chi connectivity index (χ1v) is 5.97. The Morgan fingerprint density at radius 1 is 1.06 bits per heavy atom. The number of anilines is 2. The fraction of sp³-hybridized carbons (Fsp3) is 0. The van der Waals surface area contributed by atoms with Gasteiger partial charge in [-0.25, -0.2) is 9.97 Å². The van der Waals surface area contributed by atoms with E-state index in [4.69, 9.17) is 34.7 Å². The zero-order chi connectivity index (χ0) is 12.8. The largest absolute Gasteiger partial charge is 0.384 e. The van der Waals surface area contributed by atoms with Crippen molar-refractivity contribution >= 4 is 50.8 Å². The Morgan fingerprint density at radius 2 is 1.71 bits per heavy atom. The summed E-state index contributed by atoms with van der Waals surface area (Å²) in [7, 11) is 0. The van der Waals surface area contributed by atoms with Crippen LogP contribution in [-0.4, -0.2) is 9.97 Å². The van der Waals surface area contributed by atoms with Crippen LogP contribution in [0.5, 0.6) is 0 Å². The summed E-state index contributed by atoms with van der Waals surface area (Å²) >= 11 is 14.4. The molecule has 0 aliphatic carbocycles. The van der Waals surface area contributed by atoms with Gasteiger partial charge in [0, 0.05) is 23.5 Å². The molecule has 2 heterocycles. The van der Waals surface area contributed by atoms with Gasteiger partial charge >= 0.3 is 0 Å². The van der Waals surface area contributed by atoms with Gasteiger partial charge in [0.25, 0.3) is 0 Å². The van der Waals surface area contributed by atoms with Crippen LogP contribution in [0, 0.1) is 0 Å². The Bertz CT molecular complexity index is 490. The van der Waals surface area contributed by atoms with Crippen LogP contribution in [0.2, 0.25) is 10.0 Å². The van der Waals surface area contributed by atoms with Crippen LogP contribution in [0.1, 0.15) is 0 Å². The van der Waals surface area contributed by atoms with Crippen molar-refractivity contribution in [1.82, 2.24) is 9.97 Å². The van der Waals surface area contributed by atoms with E-state index < -0.39 is 0 Å². The standard InChI is InChI=1S/C5H4BrClN2.C5H5ClN2/c6-3-2-9-5(8)1-4(3)7;6-4-1-2-8-5(7)3-4/h1-2H,(H2,8,9);1-3H,(H2,7,8). The Kier molecular flexibility index (Phi) is 5.47. The quantitative estimate of drug-likeness (QED) is 0.773. The molecule has 90 valence electrons. The van der Waals surface area contributed by atoms with Crippen molar-refractivity contribution in [2.24, 2.45) is 0 Å². The van der Waals surface area contributed by atoms with Crippen LogP contribution < -0.4 is 11.5 Å². The summed E-state index contributed by atoms with van der Waals surface area (Å²) in [5.74, 6) is 0.890. The zero-order valence-electron chi connectivity index (χ0n) is 8.57. The van der Waals surface area contributed by atoms with Crippen LogP contribution in [0.15, 0.2) is 35.1 Å². The highest BCUT2D eigenvalue weighted by Gasteiger charge is 1.95. The Balaban J connectivity index is 0.000000171. The molecule has 0 aromatic carbocycles. The van der Waals surface area contributed by atoms with Gasteiger partial charge < -0.3 is 11.5 Å². The highest BCUT2D eigenvalue weighted by atomic mass is 79.9. The molecule has 0 saturated heterocycles. The van der Waals surface area contributed by atoms with E-state index in [0.29, 0.717) is 21.7 Å². The maximum Gasteiger partial charge on any atom is 0.124 e. The minimum Gasteiger partial charge on any atom is -0.384 e. The molecule has 0 saturated carbocycles. The van der Waals surface area contributed by atoms with Gasteiger partial charge in [-0.3, -0.25) is 0 Å². The van der Waals surface area contributed by atoms with Gasteiger partial charge in [-0.05, 0) is 28.1 Å². The van der Waals surface area contributed by atoms with Crippen LogP contribution in [0.3, 0.4) is 0 Å². The van der Waals surface area contributed by atoms with Gasteiger partial charge in [-0.2, -0.15) is 0 Å². The zero-order valence-corrected chi connectivity index (χ0v) is 11.7. The van der Waals surface area contributed by atoms with Crippen LogP contribution in [0.25, 0.3) is 0 Å². The van der Waals surface area contributed by atoms with Gasteiger partial charge in [-0.15, -0.1) is 0 Å². The average Bonchev–Trinajstić information content (AvgIpc) is 2.24. The van der Waals surface area contributed by atoms with Crippen molar-refractivity contribution in [2.75, 3.05) is 11.5 Å². The van der Waals surface area contributed by atoms with Gasteiger partial charge in [0.05, 0.1) is 9.50 Å². The summed E-state index contributed by atoms with van der Waals surface area (Å²) in [6.07, 6.45) is 3.13. The molecule has 0 spiro atoms. The van der Waals surface area contributed by atoms with Gasteiger partial charge in [0.15, 0.2) is 0 Å². The molecule has 0 bridgehead atoms. The number of halogens is 3. The van der Waals surface area contributed by atoms with Crippen molar-refractivity contribution in [3.8, 4) is 0 Å². The number of pyridine rings is 2. The van der Waals surface area contributed by atoms with E-state index in [-0.39, 0.29) is 0 Å². The molecule has 2 rings (SSSR count). The molecule has 2 aromatic heterocycles. The SMILES string of the molecule is Nc1cc(Cl)c(Br)cn1.Nc1cc(Cl)ccn1. The van der Waals surface area contributed by atoms with E-state index in [1.165, 1.54) is 0 Å². The number of nitrogen functional groups attached to an aromatic ring is 2. The molecule has 17 heavy (non-hydrogen) atoms. The Morgan fingerprint density at radius 3 is 2.12 bits per heavy atom. The van der Waals surface area contributed by atoms with Crippen molar-refractivity contribution < 1.29 is 0 Å². The predicted molar refractivity (Wildman–Crippen MR) is 75.0 cm³/mol. The number of hydrogen-bond donors (Lipinski definition) is 2. The van der Waals surface area contributed by atoms with E-state index >= 15 is 0 Å². The van der Waals surface area contributed by atoms with Crippen LogP contribution >= 0.6 is 39.1 Å². The fourth-order valence-corrected chi connectivity index (χ4v) is 1.40. The van der Waals surface area contributed by atoms with E-state index in [1.807, 2.05) is 0 Å². The summed E-state index contributed by atoms with van der Waals surface area (Å²) in [6, 6.07) is 4.87. The first-order valence-electron chi connectivity index (χ1n) is 4.42. The second-order valence-electron chi connectivity index (χ2n) is 2.92. The smallest absolute Gasteiger partial charge is 0.124 e. The summed E-state index contributed by atoms with van der Waals surface area (Å²) < 4.78 is 0.762. The van der Waals surface area contributed by atoms with Crippen LogP contribution in [-0.2, 0) is 0 Å². The molecule has 0 atom stereocenters. The molecule has 0 amide bonds. The average molecular weight is 336 g/mol. The van der Waals surface area contributed by atoms with Crippen molar-refractivity contribution in [2.45, 2.75) is 0 Å². The molecule has 2 aromatic rings. The van der Waals surface area contributed by atoms with Gasteiger partial charge in [-0.1, -0.05) is 23.2 Å². The molecular formula is C10H9BrCl2N4. The van der Waals surface area contributed by atoms with Crippen molar-refractivity contribution in [1.29, 1.82) is 0 Å². The Labute approximate surface area is 117 Å². The lowest BCUT2D eigenvalue weighted by atomic mass is 10.5. The van der Waals surface area contributed by atoms with Crippen molar-refractivity contribution in [3.63, 3.8) is 0 Å². The van der Waals surface area contributed by atoms with E-state index in [2.05, 4.69) is 25.9 Å². The summed E-state index contributed by atoms with van der Waals surface area (Å²) in [5.41, 5.74) is 10.6. The second kappa shape index (κ2) is 6.64. The molecule has 4 N–H and O–H groups in total. The Hall–Kier alpha value is -1.04. The predicted octanol–water partition coefficient (Wildman–Crippen LogP) is 3.40. The van der Waals surface area contributed by atoms with E-state index in [0.717, 1.165) is 4.47 Å². The normalized spacial score (nSPS) is 9.35. The molecule has 0 fully saturated rings. The second-order valence-corrected chi connectivity index (χ2v) is 4.62. The van der Waals surface area contributed by atoms with E-state index in [9.17, 15) is 0 Å². The lowest BCUT2D eigenvalue weighted by Crippen LogP contribution is -1.87. The number of nitrogens with two attached hydrogens (primary N) is 2. The lowest BCUT2D eigenvalue weighted by molar-refractivity contribution is 1.32. The topological polar surface area (TPSA) is 77.8 Å². The van der Waals surface area contributed by atoms with Gasteiger partial charge in [0.2, 0.25) is 0 Å². The number of rotatable bonds is 0. The monoisotopic (exact) mass is 334 g/mol. The molecule has 0 aliphatic heterocycles. The molecule has 4 nitrogen and oxygen atoms in total. The number of hydrogen-bond acceptors (Lipinski definition) is 4. The highest BCUT2D eigenvalue weighted by molar-refractivity contribution is 9.10. The molecular weight excluding hydrogens is 327 g/mol. The first-order chi connectivity index (χ1) is 7.99. The summed E-state index contributed by atoms with van der Waals surface area (Å²) in [6.45, 7) is 0. The molecule has 7 heteroatoms. The van der Waals surface area contributed by atoms with Gasteiger partial charge in [0.1, 0.15) is 11.6 Å². The first kappa shape index (κ1) is 14.0.